The highest BCUT2D eigenvalue weighted by Gasteiger charge is 2.18. The average Bonchev–Trinajstić information content (AvgIpc) is 2.68. The van der Waals surface area contributed by atoms with E-state index in [0.29, 0.717) is 11.9 Å². The normalized spacial score (nSPS) is 10.6. The summed E-state index contributed by atoms with van der Waals surface area (Å²) < 4.78 is 5.11. The molecular weight excluding hydrogens is 342 g/mol. The molecule has 5 nitrogen and oxygen atoms in total. The van der Waals surface area contributed by atoms with Crippen molar-refractivity contribution >= 4 is 22.6 Å². The van der Waals surface area contributed by atoms with Gasteiger partial charge in [-0.1, -0.05) is 60.2 Å². The van der Waals surface area contributed by atoms with Crippen LogP contribution in [0, 0.1) is 6.92 Å². The summed E-state index contributed by atoms with van der Waals surface area (Å²) in [6.45, 7) is 2.05. The highest BCUT2D eigenvalue weighted by molar-refractivity contribution is 6.01. The number of ether oxygens (including phenoxy) is 1. The second-order valence-corrected chi connectivity index (χ2v) is 6.49. The molecule has 0 unspecified atom stereocenters. The molecule has 138 valence electrons. The van der Waals surface area contributed by atoms with Crippen molar-refractivity contribution in [3.8, 4) is 5.75 Å². The van der Waals surface area contributed by atoms with Crippen LogP contribution in [-0.4, -0.2) is 35.5 Å². The molecule has 5 heteroatoms. The summed E-state index contributed by atoms with van der Waals surface area (Å²) in [6, 6.07) is 18.3. The van der Waals surface area contributed by atoms with E-state index in [9.17, 15) is 14.7 Å². The maximum Gasteiger partial charge on any atom is 0.342 e. The van der Waals surface area contributed by atoms with Crippen molar-refractivity contribution in [2.75, 3.05) is 13.7 Å². The molecule has 0 saturated carbocycles. The van der Waals surface area contributed by atoms with E-state index in [4.69, 9.17) is 4.74 Å². The Labute approximate surface area is 157 Å². The number of rotatable bonds is 5. The second-order valence-electron chi connectivity index (χ2n) is 6.49. The van der Waals surface area contributed by atoms with Crippen LogP contribution in [0.3, 0.4) is 0 Å². The second kappa shape index (κ2) is 7.91. The van der Waals surface area contributed by atoms with Gasteiger partial charge in [-0.25, -0.2) is 4.79 Å². The van der Waals surface area contributed by atoms with E-state index in [1.165, 1.54) is 11.0 Å². The quantitative estimate of drug-likeness (QED) is 0.703. The van der Waals surface area contributed by atoms with E-state index in [-0.39, 0.29) is 23.8 Å². The van der Waals surface area contributed by atoms with Crippen LogP contribution in [0.5, 0.6) is 5.75 Å². The van der Waals surface area contributed by atoms with Crippen LogP contribution in [0.25, 0.3) is 10.8 Å². The summed E-state index contributed by atoms with van der Waals surface area (Å²) in [5.74, 6) is -1.18. The number of aryl methyl sites for hydroxylation is 1. The van der Waals surface area contributed by atoms with Crippen LogP contribution in [0.1, 0.15) is 21.5 Å². The Morgan fingerprint density at radius 2 is 1.70 bits per heavy atom. The maximum atomic E-state index is 12.3. The molecule has 0 radical (unpaired) electrons. The highest BCUT2D eigenvalue weighted by Crippen LogP contribution is 2.28. The first-order chi connectivity index (χ1) is 13.0. The summed E-state index contributed by atoms with van der Waals surface area (Å²) in [5, 5.41) is 11.7. The smallest absolute Gasteiger partial charge is 0.342 e. The Bertz CT molecular complexity index is 979. The third-order valence-electron chi connectivity index (χ3n) is 4.41. The largest absolute Gasteiger partial charge is 0.506 e. The van der Waals surface area contributed by atoms with E-state index >= 15 is 0 Å². The van der Waals surface area contributed by atoms with Crippen LogP contribution in [0.4, 0.5) is 0 Å². The number of carbonyl (C=O) groups is 2. The molecule has 0 saturated heterocycles. The van der Waals surface area contributed by atoms with Gasteiger partial charge in [0.25, 0.3) is 5.91 Å². The third-order valence-corrected chi connectivity index (χ3v) is 4.41. The molecule has 0 atom stereocenters. The van der Waals surface area contributed by atoms with Crippen molar-refractivity contribution in [3.63, 3.8) is 0 Å². The monoisotopic (exact) mass is 363 g/mol. The van der Waals surface area contributed by atoms with Crippen LogP contribution in [0.15, 0.2) is 60.7 Å². The van der Waals surface area contributed by atoms with Gasteiger partial charge in [-0.3, -0.25) is 4.79 Å². The van der Waals surface area contributed by atoms with Crippen molar-refractivity contribution in [1.29, 1.82) is 0 Å². The van der Waals surface area contributed by atoms with E-state index in [1.54, 1.807) is 25.2 Å². The van der Waals surface area contributed by atoms with Gasteiger partial charge in [0, 0.05) is 19.0 Å². The molecule has 3 rings (SSSR count). The van der Waals surface area contributed by atoms with E-state index in [1.807, 2.05) is 43.3 Å². The molecule has 0 aliphatic carbocycles. The zero-order chi connectivity index (χ0) is 19.4. The van der Waals surface area contributed by atoms with Gasteiger partial charge in [0.1, 0.15) is 11.3 Å². The molecule has 0 fully saturated rings. The fraction of sp³-hybridized carbons (Fsp3) is 0.182. The fourth-order valence-electron chi connectivity index (χ4n) is 2.79. The van der Waals surface area contributed by atoms with Crippen molar-refractivity contribution in [2.24, 2.45) is 0 Å². The number of likely N-dealkylation sites (N-methyl/N-ethyl adjacent to an activating group) is 1. The highest BCUT2D eigenvalue weighted by atomic mass is 16.5. The molecule has 27 heavy (non-hydrogen) atoms. The lowest BCUT2D eigenvalue weighted by Gasteiger charge is -2.17. The predicted octanol–water partition coefficient (Wildman–Crippen LogP) is 3.67. The summed E-state index contributed by atoms with van der Waals surface area (Å²) in [6.07, 6.45) is 0. The number of phenolic OH excluding ortho intramolecular Hbond substituents is 1. The van der Waals surface area contributed by atoms with Gasteiger partial charge in [0.15, 0.2) is 6.61 Å². The summed E-state index contributed by atoms with van der Waals surface area (Å²) in [4.78, 5) is 26.0. The number of esters is 1. The molecule has 1 amide bonds. The van der Waals surface area contributed by atoms with E-state index in [0.717, 1.165) is 16.5 Å². The predicted molar refractivity (Wildman–Crippen MR) is 104 cm³/mol. The molecule has 0 aliphatic rings. The molecule has 0 bridgehead atoms. The minimum absolute atomic E-state index is 0.0442. The van der Waals surface area contributed by atoms with Crippen molar-refractivity contribution in [3.05, 3.63) is 77.4 Å². The number of fused-ring (bicyclic) bond motifs is 1. The van der Waals surface area contributed by atoms with E-state index in [2.05, 4.69) is 0 Å². The molecule has 3 aromatic carbocycles. The van der Waals surface area contributed by atoms with Crippen LogP contribution < -0.4 is 0 Å². The lowest BCUT2D eigenvalue weighted by Crippen LogP contribution is -2.30. The summed E-state index contributed by atoms with van der Waals surface area (Å²) in [5.41, 5.74) is 2.19. The lowest BCUT2D eigenvalue weighted by atomic mass is 10.1. The minimum Gasteiger partial charge on any atom is -0.506 e. The first-order valence-corrected chi connectivity index (χ1v) is 8.63. The lowest BCUT2D eigenvalue weighted by molar-refractivity contribution is -0.133. The van der Waals surface area contributed by atoms with Crippen molar-refractivity contribution in [1.82, 2.24) is 4.90 Å². The number of hydrogen-bond donors (Lipinski definition) is 1. The fourth-order valence-corrected chi connectivity index (χ4v) is 2.79. The Morgan fingerprint density at radius 1 is 1.00 bits per heavy atom. The van der Waals surface area contributed by atoms with Gasteiger partial charge < -0.3 is 14.7 Å². The maximum absolute atomic E-state index is 12.3. The SMILES string of the molecule is Cc1ccc(CN(C)C(=O)COC(=O)c2ccc3ccccc3c2O)cc1. The number of amides is 1. The third kappa shape index (κ3) is 4.26. The number of aromatic hydroxyl groups is 1. The molecule has 0 heterocycles. The zero-order valence-electron chi connectivity index (χ0n) is 15.3. The minimum atomic E-state index is -0.727. The first-order valence-electron chi connectivity index (χ1n) is 8.63. The van der Waals surface area contributed by atoms with Gasteiger partial charge >= 0.3 is 5.97 Å². The first kappa shape index (κ1) is 18.5. The van der Waals surface area contributed by atoms with Gasteiger partial charge in [0.2, 0.25) is 0 Å². The van der Waals surface area contributed by atoms with Crippen LogP contribution >= 0.6 is 0 Å². The number of nitrogens with zero attached hydrogens (tertiary/aromatic N) is 1. The topological polar surface area (TPSA) is 66.8 Å². The number of hydrogen-bond acceptors (Lipinski definition) is 4. The average molecular weight is 363 g/mol. The van der Waals surface area contributed by atoms with Crippen molar-refractivity contribution in [2.45, 2.75) is 13.5 Å². The molecule has 3 aromatic rings. The number of phenols is 1. The van der Waals surface area contributed by atoms with Crippen LogP contribution in [0.2, 0.25) is 0 Å². The molecule has 0 spiro atoms. The molecule has 0 aliphatic heterocycles. The number of benzene rings is 3. The Balaban J connectivity index is 1.62. The van der Waals surface area contributed by atoms with Gasteiger partial charge in [-0.2, -0.15) is 0 Å². The summed E-state index contributed by atoms with van der Waals surface area (Å²) in [7, 11) is 1.66. The molecule has 0 aromatic heterocycles. The van der Waals surface area contributed by atoms with Crippen molar-refractivity contribution < 1.29 is 19.4 Å². The van der Waals surface area contributed by atoms with Crippen LogP contribution in [-0.2, 0) is 16.1 Å². The zero-order valence-corrected chi connectivity index (χ0v) is 15.3. The standard InChI is InChI=1S/C22H21NO4/c1-15-7-9-16(10-8-15)13-23(2)20(24)14-27-22(26)19-12-11-17-5-3-4-6-18(17)21(19)25/h3-12,25H,13-14H2,1-2H3. The molecule has 1 N–H and O–H groups in total. The van der Waals surface area contributed by atoms with Gasteiger partial charge in [-0.15, -0.1) is 0 Å². The number of carbonyl (C=O) groups excluding carboxylic acids is 2. The Kier molecular flexibility index (Phi) is 5.41. The van der Waals surface area contributed by atoms with Gasteiger partial charge in [-0.05, 0) is 23.9 Å². The van der Waals surface area contributed by atoms with Gasteiger partial charge in [0.05, 0.1) is 0 Å². The Hall–Kier alpha value is -3.34. The molecular formula is C22H21NO4. The summed E-state index contributed by atoms with van der Waals surface area (Å²) >= 11 is 0. The Morgan fingerprint density at radius 3 is 2.44 bits per heavy atom. The van der Waals surface area contributed by atoms with E-state index < -0.39 is 5.97 Å².